The van der Waals surface area contributed by atoms with Crippen LogP contribution in [-0.2, 0) is 0 Å². The Hall–Kier alpha value is -0.380. The minimum absolute atomic E-state index is 0.270. The van der Waals surface area contributed by atoms with Gasteiger partial charge >= 0.3 is 6.09 Å². The average Bonchev–Trinajstić information content (AvgIpc) is 1.57. The number of carbonyl (C=O) groups is 1. The third-order valence-corrected chi connectivity index (χ3v) is 1.46. The van der Waals surface area contributed by atoms with Crippen molar-refractivity contribution in [2.75, 3.05) is 13.1 Å². The van der Waals surface area contributed by atoms with Crippen LogP contribution in [0.3, 0.4) is 0 Å². The van der Waals surface area contributed by atoms with Crippen LogP contribution in [0, 0.1) is 0 Å². The van der Waals surface area contributed by atoms with E-state index >= 15 is 0 Å². The molecule has 1 rings (SSSR count). The molecule has 8 heavy (non-hydrogen) atoms. The van der Waals surface area contributed by atoms with E-state index in [1.165, 1.54) is 4.90 Å². The van der Waals surface area contributed by atoms with Crippen LogP contribution in [0.2, 0.25) is 0 Å². The van der Waals surface area contributed by atoms with Crippen LogP contribution >= 0.6 is 12.6 Å². The minimum Gasteiger partial charge on any atom is -0.465 e. The van der Waals surface area contributed by atoms with Crippen LogP contribution in [0.1, 0.15) is 0 Å². The fraction of sp³-hybridized carbons (Fsp3) is 0.750. The van der Waals surface area contributed by atoms with E-state index in [0.717, 1.165) is 0 Å². The number of likely N-dealkylation sites (tertiary alicyclic amines) is 1. The molecule has 1 saturated heterocycles. The van der Waals surface area contributed by atoms with Crippen molar-refractivity contribution < 1.29 is 9.90 Å². The lowest BCUT2D eigenvalue weighted by Crippen LogP contribution is -2.50. The van der Waals surface area contributed by atoms with Gasteiger partial charge in [0.15, 0.2) is 0 Å². The Morgan fingerprint density at radius 2 is 2.25 bits per heavy atom. The molecule has 1 heterocycles. The molecule has 0 aromatic rings. The first-order valence-electron chi connectivity index (χ1n) is 2.36. The highest BCUT2D eigenvalue weighted by molar-refractivity contribution is 7.81. The van der Waals surface area contributed by atoms with E-state index in [0.29, 0.717) is 13.1 Å². The van der Waals surface area contributed by atoms with Crippen molar-refractivity contribution in [3.63, 3.8) is 0 Å². The van der Waals surface area contributed by atoms with Crippen molar-refractivity contribution in [3.05, 3.63) is 0 Å². The zero-order chi connectivity index (χ0) is 6.15. The molecule has 0 aromatic heterocycles. The fourth-order valence-corrected chi connectivity index (χ4v) is 1.01. The Morgan fingerprint density at radius 3 is 2.38 bits per heavy atom. The van der Waals surface area contributed by atoms with E-state index in [1.807, 2.05) is 0 Å². The fourth-order valence-electron chi connectivity index (χ4n) is 0.612. The number of amides is 1. The monoisotopic (exact) mass is 133 g/mol. The molecule has 46 valence electrons. The van der Waals surface area contributed by atoms with E-state index in [4.69, 9.17) is 5.11 Å². The Labute approximate surface area is 52.7 Å². The van der Waals surface area contributed by atoms with Gasteiger partial charge < -0.3 is 10.0 Å². The molecule has 1 N–H and O–H groups in total. The Balaban J connectivity index is 2.25. The van der Waals surface area contributed by atoms with Crippen molar-refractivity contribution in [2.24, 2.45) is 0 Å². The van der Waals surface area contributed by atoms with Crippen molar-refractivity contribution in [2.45, 2.75) is 5.25 Å². The Kier molecular flexibility index (Phi) is 1.33. The number of carboxylic acid groups (broad SMARTS) is 1. The molecule has 1 aliphatic heterocycles. The van der Waals surface area contributed by atoms with Crippen LogP contribution in [-0.4, -0.2) is 34.4 Å². The molecule has 1 fully saturated rings. The molecule has 0 unspecified atom stereocenters. The second kappa shape index (κ2) is 1.85. The zero-order valence-electron chi connectivity index (χ0n) is 4.24. The zero-order valence-corrected chi connectivity index (χ0v) is 5.14. The first-order valence-corrected chi connectivity index (χ1v) is 2.87. The summed E-state index contributed by atoms with van der Waals surface area (Å²) in [7, 11) is 0. The summed E-state index contributed by atoms with van der Waals surface area (Å²) in [5.41, 5.74) is 0. The van der Waals surface area contributed by atoms with Crippen molar-refractivity contribution in [3.8, 4) is 0 Å². The van der Waals surface area contributed by atoms with Crippen LogP contribution in [0.5, 0.6) is 0 Å². The van der Waals surface area contributed by atoms with Crippen LogP contribution in [0.4, 0.5) is 4.79 Å². The summed E-state index contributed by atoms with van der Waals surface area (Å²) in [6.45, 7) is 1.16. The predicted octanol–water partition coefficient (Wildman–Crippen LogP) is 0.278. The molecular weight excluding hydrogens is 126 g/mol. The number of hydrogen-bond donors (Lipinski definition) is 2. The molecule has 4 heteroatoms. The lowest BCUT2D eigenvalue weighted by atomic mass is 10.2. The summed E-state index contributed by atoms with van der Waals surface area (Å²) < 4.78 is 0. The lowest BCUT2D eigenvalue weighted by molar-refractivity contribution is 0.121. The highest BCUT2D eigenvalue weighted by Gasteiger charge is 2.26. The van der Waals surface area contributed by atoms with Gasteiger partial charge in [-0.25, -0.2) is 4.79 Å². The SMILES string of the molecule is O=C(O)N1CC(S)C1. The predicted molar refractivity (Wildman–Crippen MR) is 32.4 cm³/mol. The van der Waals surface area contributed by atoms with Gasteiger partial charge in [0.1, 0.15) is 0 Å². The van der Waals surface area contributed by atoms with Gasteiger partial charge in [-0.2, -0.15) is 12.6 Å². The van der Waals surface area contributed by atoms with Crippen LogP contribution in [0.15, 0.2) is 0 Å². The molecule has 1 amide bonds. The van der Waals surface area contributed by atoms with Gasteiger partial charge in [0.05, 0.1) is 0 Å². The molecular formula is C4H7NO2S. The molecule has 0 bridgehead atoms. The second-order valence-corrected chi connectivity index (χ2v) is 2.57. The average molecular weight is 133 g/mol. The van der Waals surface area contributed by atoms with Gasteiger partial charge in [-0.3, -0.25) is 0 Å². The third kappa shape index (κ3) is 0.888. The summed E-state index contributed by atoms with van der Waals surface area (Å²) in [4.78, 5) is 11.4. The Morgan fingerprint density at radius 1 is 1.75 bits per heavy atom. The van der Waals surface area contributed by atoms with Gasteiger partial charge in [-0.1, -0.05) is 0 Å². The first kappa shape index (κ1) is 5.75. The number of thiol groups is 1. The molecule has 0 saturated carbocycles. The summed E-state index contributed by atoms with van der Waals surface area (Å²) in [5, 5.41) is 8.51. The van der Waals surface area contributed by atoms with Crippen LogP contribution in [0.25, 0.3) is 0 Å². The van der Waals surface area contributed by atoms with Gasteiger partial charge in [0.25, 0.3) is 0 Å². The molecule has 1 aliphatic rings. The number of hydrogen-bond acceptors (Lipinski definition) is 2. The minimum atomic E-state index is -0.838. The quantitative estimate of drug-likeness (QED) is 0.466. The maximum Gasteiger partial charge on any atom is 0.407 e. The standard InChI is InChI=1S/C4H7NO2S/c6-4(7)5-1-3(8)2-5/h3,8H,1-2H2,(H,6,7). The van der Waals surface area contributed by atoms with Crippen molar-refractivity contribution >= 4 is 18.7 Å². The summed E-state index contributed by atoms with van der Waals surface area (Å²) in [6.07, 6.45) is -0.838. The smallest absolute Gasteiger partial charge is 0.407 e. The van der Waals surface area contributed by atoms with Crippen molar-refractivity contribution in [1.29, 1.82) is 0 Å². The van der Waals surface area contributed by atoms with Gasteiger partial charge in [-0.05, 0) is 0 Å². The van der Waals surface area contributed by atoms with E-state index < -0.39 is 6.09 Å². The first-order chi connectivity index (χ1) is 3.70. The van der Waals surface area contributed by atoms with E-state index in [-0.39, 0.29) is 5.25 Å². The number of nitrogens with zero attached hydrogens (tertiary/aromatic N) is 1. The third-order valence-electron chi connectivity index (χ3n) is 1.13. The number of rotatable bonds is 0. The highest BCUT2D eigenvalue weighted by Crippen LogP contribution is 2.12. The van der Waals surface area contributed by atoms with Gasteiger partial charge in [0.2, 0.25) is 0 Å². The summed E-state index contributed by atoms with van der Waals surface area (Å²) in [6, 6.07) is 0. The molecule has 0 spiro atoms. The summed E-state index contributed by atoms with van der Waals surface area (Å²) >= 11 is 4.03. The van der Waals surface area contributed by atoms with Crippen LogP contribution < -0.4 is 0 Å². The van der Waals surface area contributed by atoms with E-state index in [1.54, 1.807) is 0 Å². The maximum absolute atomic E-state index is 10.0. The van der Waals surface area contributed by atoms with Gasteiger partial charge in [-0.15, -0.1) is 0 Å². The van der Waals surface area contributed by atoms with E-state index in [9.17, 15) is 4.79 Å². The summed E-state index contributed by atoms with van der Waals surface area (Å²) in [5.74, 6) is 0. The van der Waals surface area contributed by atoms with Crippen molar-refractivity contribution in [1.82, 2.24) is 4.90 Å². The molecule has 0 aromatic carbocycles. The largest absolute Gasteiger partial charge is 0.465 e. The molecule has 3 nitrogen and oxygen atoms in total. The molecule has 0 aliphatic carbocycles. The molecule has 0 radical (unpaired) electrons. The Bertz CT molecular complexity index is 111. The maximum atomic E-state index is 10.0. The lowest BCUT2D eigenvalue weighted by Gasteiger charge is -2.33. The normalized spacial score (nSPS) is 20.4. The second-order valence-electron chi connectivity index (χ2n) is 1.84. The highest BCUT2D eigenvalue weighted by atomic mass is 32.1. The van der Waals surface area contributed by atoms with Gasteiger partial charge in [0, 0.05) is 18.3 Å². The molecule has 0 atom stereocenters. The van der Waals surface area contributed by atoms with E-state index in [2.05, 4.69) is 12.6 Å². The topological polar surface area (TPSA) is 40.5 Å².